The molecular weight excluding hydrogens is 280 g/mol. The fourth-order valence-corrected chi connectivity index (χ4v) is 2.35. The molecule has 0 radical (unpaired) electrons. The van der Waals surface area contributed by atoms with Gasteiger partial charge in [-0.05, 0) is 6.92 Å². The summed E-state index contributed by atoms with van der Waals surface area (Å²) in [6, 6.07) is 1.87. The van der Waals surface area contributed by atoms with Crippen LogP contribution in [0.2, 0.25) is 0 Å². The van der Waals surface area contributed by atoms with E-state index in [1.165, 1.54) is 0 Å². The lowest BCUT2D eigenvalue weighted by Gasteiger charge is -2.13. The summed E-state index contributed by atoms with van der Waals surface area (Å²) in [5, 5.41) is 29.3. The highest BCUT2D eigenvalue weighted by Gasteiger charge is 2.32. The summed E-state index contributed by atoms with van der Waals surface area (Å²) in [7, 11) is 0. The van der Waals surface area contributed by atoms with Crippen LogP contribution in [-0.2, 0) is 16.0 Å². The number of aromatic nitrogens is 1. The maximum Gasteiger partial charge on any atom is 0.304 e. The molecule has 2 rings (SSSR count). The van der Waals surface area contributed by atoms with E-state index in [2.05, 4.69) is 5.16 Å². The first kappa shape index (κ1) is 17.1. The molecule has 8 nitrogen and oxygen atoms in total. The van der Waals surface area contributed by atoms with Gasteiger partial charge in [-0.3, -0.25) is 14.5 Å². The molecule has 0 amide bonds. The minimum Gasteiger partial charge on any atom is -0.483 e. The first-order chi connectivity index (χ1) is 9.96. The van der Waals surface area contributed by atoms with Gasteiger partial charge in [-0.25, -0.2) is 0 Å². The third-order valence-corrected chi connectivity index (χ3v) is 3.26. The highest BCUT2D eigenvalue weighted by molar-refractivity contribution is 5.66. The standard InChI is InChI=1S/C12H18N2O4.CH2O2/c1-8-4-10(18-13-8)5-9-6-14(7-11(9)15)3-2-12(16)17;2-1-3/h4,9,11,15H,2-3,5-7H2,1H3,(H,16,17);1H,(H,2,3)/t9-,11-;/m1./s1. The van der Waals surface area contributed by atoms with Crippen molar-refractivity contribution in [3.8, 4) is 0 Å². The highest BCUT2D eigenvalue weighted by atomic mass is 16.5. The molecule has 1 aromatic heterocycles. The Balaban J connectivity index is 0.000000677. The van der Waals surface area contributed by atoms with E-state index in [4.69, 9.17) is 19.5 Å². The normalized spacial score (nSPS) is 21.6. The second-order valence-corrected chi connectivity index (χ2v) is 4.97. The van der Waals surface area contributed by atoms with Crippen LogP contribution in [0.25, 0.3) is 0 Å². The summed E-state index contributed by atoms with van der Waals surface area (Å²) in [6.45, 7) is 3.33. The second kappa shape index (κ2) is 8.38. The van der Waals surface area contributed by atoms with E-state index in [1.54, 1.807) is 0 Å². The Bertz CT molecular complexity index is 461. The smallest absolute Gasteiger partial charge is 0.304 e. The Kier molecular flexibility index (Phi) is 6.83. The lowest BCUT2D eigenvalue weighted by Crippen LogP contribution is -2.24. The van der Waals surface area contributed by atoms with Crippen LogP contribution in [0.5, 0.6) is 0 Å². The Labute approximate surface area is 122 Å². The second-order valence-electron chi connectivity index (χ2n) is 4.97. The molecule has 1 saturated heterocycles. The van der Waals surface area contributed by atoms with Gasteiger partial charge < -0.3 is 19.8 Å². The molecule has 118 valence electrons. The zero-order valence-corrected chi connectivity index (χ0v) is 11.8. The number of carboxylic acids is 1. The number of aliphatic carboxylic acids is 1. The van der Waals surface area contributed by atoms with E-state index in [0.717, 1.165) is 11.5 Å². The number of hydrogen-bond donors (Lipinski definition) is 3. The third kappa shape index (κ3) is 5.92. The fourth-order valence-electron chi connectivity index (χ4n) is 2.35. The summed E-state index contributed by atoms with van der Waals surface area (Å²) in [5.74, 6) is 0.0570. The lowest BCUT2D eigenvalue weighted by molar-refractivity contribution is -0.137. The van der Waals surface area contributed by atoms with Gasteiger partial charge in [-0.1, -0.05) is 5.16 Å². The molecule has 2 atom stereocenters. The predicted molar refractivity (Wildman–Crippen MR) is 71.8 cm³/mol. The Morgan fingerprint density at radius 3 is 2.76 bits per heavy atom. The van der Waals surface area contributed by atoms with Gasteiger partial charge in [0, 0.05) is 38.0 Å². The van der Waals surface area contributed by atoms with E-state index >= 15 is 0 Å². The number of carboxylic acid groups (broad SMARTS) is 2. The molecule has 2 heterocycles. The van der Waals surface area contributed by atoms with Gasteiger partial charge in [0.1, 0.15) is 5.76 Å². The molecule has 0 saturated carbocycles. The van der Waals surface area contributed by atoms with Crippen LogP contribution >= 0.6 is 0 Å². The topological polar surface area (TPSA) is 124 Å². The van der Waals surface area contributed by atoms with Gasteiger partial charge in [0.25, 0.3) is 6.47 Å². The van der Waals surface area contributed by atoms with Crippen molar-refractivity contribution in [1.82, 2.24) is 10.1 Å². The van der Waals surface area contributed by atoms with Crippen molar-refractivity contribution in [2.24, 2.45) is 5.92 Å². The van der Waals surface area contributed by atoms with Crippen LogP contribution in [-0.4, -0.2) is 63.6 Å². The van der Waals surface area contributed by atoms with Crippen molar-refractivity contribution < 1.29 is 29.4 Å². The molecule has 1 fully saturated rings. The zero-order valence-electron chi connectivity index (χ0n) is 11.8. The monoisotopic (exact) mass is 300 g/mol. The lowest BCUT2D eigenvalue weighted by atomic mass is 10.0. The van der Waals surface area contributed by atoms with Crippen LogP contribution in [0.4, 0.5) is 0 Å². The first-order valence-electron chi connectivity index (χ1n) is 6.58. The van der Waals surface area contributed by atoms with Crippen molar-refractivity contribution in [2.75, 3.05) is 19.6 Å². The van der Waals surface area contributed by atoms with Crippen LogP contribution in [0.3, 0.4) is 0 Å². The van der Waals surface area contributed by atoms with Crippen molar-refractivity contribution in [3.63, 3.8) is 0 Å². The maximum absolute atomic E-state index is 10.5. The van der Waals surface area contributed by atoms with Gasteiger partial charge in [0.05, 0.1) is 18.2 Å². The Morgan fingerprint density at radius 1 is 1.57 bits per heavy atom. The Morgan fingerprint density at radius 2 is 2.24 bits per heavy atom. The molecule has 0 aliphatic carbocycles. The van der Waals surface area contributed by atoms with Gasteiger partial charge in [-0.2, -0.15) is 0 Å². The third-order valence-electron chi connectivity index (χ3n) is 3.26. The average molecular weight is 300 g/mol. The minimum absolute atomic E-state index is 0.0890. The van der Waals surface area contributed by atoms with Crippen LogP contribution in [0, 0.1) is 12.8 Å². The number of aliphatic hydroxyl groups excluding tert-OH is 1. The largest absolute Gasteiger partial charge is 0.483 e. The molecule has 0 spiro atoms. The molecule has 0 unspecified atom stereocenters. The molecule has 21 heavy (non-hydrogen) atoms. The average Bonchev–Trinajstić information content (AvgIpc) is 2.96. The summed E-state index contributed by atoms with van der Waals surface area (Å²) < 4.78 is 5.13. The van der Waals surface area contributed by atoms with E-state index < -0.39 is 12.1 Å². The minimum atomic E-state index is -0.807. The quantitative estimate of drug-likeness (QED) is 0.649. The van der Waals surface area contributed by atoms with Crippen LogP contribution < -0.4 is 0 Å². The number of nitrogens with zero attached hydrogens (tertiary/aromatic N) is 2. The summed E-state index contributed by atoms with van der Waals surface area (Å²) in [4.78, 5) is 20.8. The molecule has 3 N–H and O–H groups in total. The summed E-state index contributed by atoms with van der Waals surface area (Å²) >= 11 is 0. The van der Waals surface area contributed by atoms with Crippen molar-refractivity contribution in [3.05, 3.63) is 17.5 Å². The molecule has 1 aliphatic heterocycles. The van der Waals surface area contributed by atoms with Gasteiger partial charge in [-0.15, -0.1) is 0 Å². The first-order valence-corrected chi connectivity index (χ1v) is 6.58. The van der Waals surface area contributed by atoms with E-state index in [-0.39, 0.29) is 18.8 Å². The molecule has 0 aromatic carbocycles. The van der Waals surface area contributed by atoms with Crippen LogP contribution in [0.1, 0.15) is 17.9 Å². The van der Waals surface area contributed by atoms with Gasteiger partial charge in [0.15, 0.2) is 0 Å². The molecule has 1 aromatic rings. The highest BCUT2D eigenvalue weighted by Crippen LogP contribution is 2.22. The molecule has 1 aliphatic rings. The number of aliphatic hydroxyl groups is 1. The summed E-state index contributed by atoms with van der Waals surface area (Å²) in [6.07, 6.45) is 0.330. The fraction of sp³-hybridized carbons (Fsp3) is 0.615. The summed E-state index contributed by atoms with van der Waals surface area (Å²) in [5.41, 5.74) is 0.834. The van der Waals surface area contributed by atoms with Crippen molar-refractivity contribution >= 4 is 12.4 Å². The molecule has 8 heteroatoms. The van der Waals surface area contributed by atoms with Crippen molar-refractivity contribution in [2.45, 2.75) is 25.9 Å². The maximum atomic E-state index is 10.5. The van der Waals surface area contributed by atoms with Crippen LogP contribution in [0.15, 0.2) is 10.6 Å². The predicted octanol–water partition coefficient (Wildman–Crippen LogP) is -0.00628. The SMILES string of the molecule is Cc1cc(C[C@@H]2CN(CCC(=O)O)C[C@H]2O)on1.O=CO. The number of β-amino-alcohol motifs (C(OH)–C–C–N with tert-alkyl or cyclic N) is 1. The van der Waals surface area contributed by atoms with Gasteiger partial charge >= 0.3 is 5.97 Å². The number of carbonyl (C=O) groups is 2. The Hall–Kier alpha value is -1.93. The number of aryl methyl sites for hydroxylation is 1. The number of likely N-dealkylation sites (tertiary alicyclic amines) is 1. The van der Waals surface area contributed by atoms with E-state index in [0.29, 0.717) is 26.1 Å². The molecular formula is C13H20N2O6. The number of hydrogen-bond acceptors (Lipinski definition) is 6. The van der Waals surface area contributed by atoms with Crippen molar-refractivity contribution in [1.29, 1.82) is 0 Å². The van der Waals surface area contributed by atoms with Gasteiger partial charge in [0.2, 0.25) is 0 Å². The molecule has 0 bridgehead atoms. The zero-order chi connectivity index (χ0) is 15.8. The van der Waals surface area contributed by atoms with E-state index in [9.17, 15) is 9.90 Å². The number of rotatable bonds is 5. The van der Waals surface area contributed by atoms with E-state index in [1.807, 2.05) is 17.9 Å².